The normalized spacial score (nSPS) is 11.8. The van der Waals surface area contributed by atoms with Gasteiger partial charge in [-0.25, -0.2) is 4.39 Å². The smallest absolute Gasteiger partial charge is 0.310 e. The second-order valence-corrected chi connectivity index (χ2v) is 5.53. The predicted octanol–water partition coefficient (Wildman–Crippen LogP) is 1.63. The Morgan fingerprint density at radius 3 is 2.67 bits per heavy atom. The van der Waals surface area contributed by atoms with E-state index in [1.54, 1.807) is 43.0 Å². The van der Waals surface area contributed by atoms with Crippen LogP contribution in [0.2, 0.25) is 0 Å². The van der Waals surface area contributed by atoms with Crippen molar-refractivity contribution in [3.05, 3.63) is 53.1 Å². The van der Waals surface area contributed by atoms with Crippen molar-refractivity contribution in [2.75, 3.05) is 13.7 Å². The van der Waals surface area contributed by atoms with Crippen LogP contribution in [-0.4, -0.2) is 35.3 Å². The highest BCUT2D eigenvalue weighted by Crippen LogP contribution is 2.14. The van der Waals surface area contributed by atoms with E-state index in [2.05, 4.69) is 10.4 Å². The maximum Gasteiger partial charge on any atom is 0.310 e. The van der Waals surface area contributed by atoms with Gasteiger partial charge in [0.15, 0.2) is 0 Å². The standard InChI is InChI=1S/C17H20FN3O3/c1-11-14(10-21(2)20-11)16(22)19-9-13(17(23)24-3)8-12-6-4-5-7-15(12)18/h4-7,10,13H,8-9H2,1-3H3,(H,19,22)/t13-/m1/s1. The number of nitrogens with zero attached hydrogens (tertiary/aromatic N) is 2. The van der Waals surface area contributed by atoms with Crippen LogP contribution >= 0.6 is 0 Å². The molecule has 128 valence electrons. The SMILES string of the molecule is COC(=O)[C@@H](CNC(=O)c1cn(C)nc1C)Cc1ccccc1F. The van der Waals surface area contributed by atoms with Crippen LogP contribution in [-0.2, 0) is 23.0 Å². The molecule has 0 aliphatic rings. The van der Waals surface area contributed by atoms with E-state index in [0.29, 0.717) is 16.8 Å². The number of aromatic nitrogens is 2. The van der Waals surface area contributed by atoms with Gasteiger partial charge < -0.3 is 10.1 Å². The Morgan fingerprint density at radius 2 is 2.08 bits per heavy atom. The number of methoxy groups -OCH3 is 1. The van der Waals surface area contributed by atoms with Gasteiger partial charge in [0.05, 0.1) is 24.3 Å². The molecule has 1 amide bonds. The molecule has 0 saturated carbocycles. The molecule has 0 unspecified atom stereocenters. The molecular formula is C17H20FN3O3. The Labute approximate surface area is 139 Å². The van der Waals surface area contributed by atoms with E-state index in [1.165, 1.54) is 13.2 Å². The van der Waals surface area contributed by atoms with Crippen LogP contribution in [0.15, 0.2) is 30.5 Å². The summed E-state index contributed by atoms with van der Waals surface area (Å²) >= 11 is 0. The number of ether oxygens (including phenoxy) is 1. The van der Waals surface area contributed by atoms with Crippen LogP contribution in [0.3, 0.4) is 0 Å². The Kier molecular flexibility index (Phi) is 5.68. The van der Waals surface area contributed by atoms with Crippen LogP contribution in [0.25, 0.3) is 0 Å². The fourth-order valence-electron chi connectivity index (χ4n) is 2.47. The van der Waals surface area contributed by atoms with Crippen LogP contribution in [0.5, 0.6) is 0 Å². The largest absolute Gasteiger partial charge is 0.469 e. The first kappa shape index (κ1) is 17.7. The number of halogens is 1. The molecule has 6 nitrogen and oxygen atoms in total. The molecule has 0 aliphatic heterocycles. The zero-order valence-corrected chi connectivity index (χ0v) is 13.9. The number of carbonyl (C=O) groups is 2. The van der Waals surface area contributed by atoms with Gasteiger partial charge in [-0.3, -0.25) is 14.3 Å². The molecule has 7 heteroatoms. The Morgan fingerprint density at radius 1 is 1.38 bits per heavy atom. The molecule has 0 fully saturated rings. The maximum absolute atomic E-state index is 13.8. The van der Waals surface area contributed by atoms with Crippen molar-refractivity contribution < 1.29 is 18.7 Å². The van der Waals surface area contributed by atoms with E-state index in [0.717, 1.165) is 0 Å². The van der Waals surface area contributed by atoms with Gasteiger partial charge in [0.1, 0.15) is 5.82 Å². The van der Waals surface area contributed by atoms with Gasteiger partial charge in [0.2, 0.25) is 0 Å². The van der Waals surface area contributed by atoms with Gasteiger partial charge in [-0.2, -0.15) is 5.10 Å². The molecule has 2 aromatic rings. The topological polar surface area (TPSA) is 73.2 Å². The third-order valence-corrected chi connectivity index (χ3v) is 3.73. The number of hydrogen-bond acceptors (Lipinski definition) is 4. The summed E-state index contributed by atoms with van der Waals surface area (Å²) in [5.74, 6) is -1.89. The summed E-state index contributed by atoms with van der Waals surface area (Å²) in [5, 5.41) is 6.80. The average Bonchev–Trinajstić information content (AvgIpc) is 2.90. The molecular weight excluding hydrogens is 313 g/mol. The lowest BCUT2D eigenvalue weighted by molar-refractivity contribution is -0.145. The third-order valence-electron chi connectivity index (χ3n) is 3.73. The summed E-state index contributed by atoms with van der Waals surface area (Å²) in [7, 11) is 2.99. The highest BCUT2D eigenvalue weighted by Gasteiger charge is 2.23. The molecule has 2 rings (SSSR count). The summed E-state index contributed by atoms with van der Waals surface area (Å²) < 4.78 is 20.1. The number of esters is 1. The lowest BCUT2D eigenvalue weighted by atomic mass is 9.98. The highest BCUT2D eigenvalue weighted by atomic mass is 19.1. The summed E-state index contributed by atoms with van der Waals surface area (Å²) in [6.45, 7) is 1.78. The lowest BCUT2D eigenvalue weighted by Gasteiger charge is -2.16. The first-order chi connectivity index (χ1) is 11.4. The zero-order valence-electron chi connectivity index (χ0n) is 13.9. The third kappa shape index (κ3) is 4.18. The summed E-state index contributed by atoms with van der Waals surface area (Å²) in [5.41, 5.74) is 1.44. The lowest BCUT2D eigenvalue weighted by Crippen LogP contribution is -2.35. The van der Waals surface area contributed by atoms with E-state index in [9.17, 15) is 14.0 Å². The van der Waals surface area contributed by atoms with Crippen LogP contribution < -0.4 is 5.32 Å². The molecule has 1 aromatic heterocycles. The van der Waals surface area contributed by atoms with Crippen molar-refractivity contribution in [3.63, 3.8) is 0 Å². The maximum atomic E-state index is 13.8. The quantitative estimate of drug-likeness (QED) is 0.816. The Balaban J connectivity index is 2.07. The van der Waals surface area contributed by atoms with Crippen molar-refractivity contribution >= 4 is 11.9 Å². The Bertz CT molecular complexity index is 742. The number of rotatable bonds is 6. The zero-order chi connectivity index (χ0) is 17.7. The van der Waals surface area contributed by atoms with Crippen molar-refractivity contribution in [1.82, 2.24) is 15.1 Å². The number of aryl methyl sites for hydroxylation is 2. The monoisotopic (exact) mass is 333 g/mol. The summed E-state index contributed by atoms with van der Waals surface area (Å²) in [4.78, 5) is 24.2. The number of nitrogens with one attached hydrogen (secondary N) is 1. The first-order valence-electron chi connectivity index (χ1n) is 7.52. The van der Waals surface area contributed by atoms with Crippen molar-refractivity contribution in [2.24, 2.45) is 13.0 Å². The minimum atomic E-state index is -0.673. The van der Waals surface area contributed by atoms with E-state index in [4.69, 9.17) is 4.74 Å². The summed E-state index contributed by atoms with van der Waals surface area (Å²) in [6.07, 6.45) is 1.75. The van der Waals surface area contributed by atoms with Crippen LogP contribution in [0.1, 0.15) is 21.6 Å². The van der Waals surface area contributed by atoms with Gasteiger partial charge in [0, 0.05) is 19.8 Å². The molecule has 1 heterocycles. The molecule has 1 N–H and O–H groups in total. The minimum Gasteiger partial charge on any atom is -0.469 e. The number of amides is 1. The van der Waals surface area contributed by atoms with Crippen molar-refractivity contribution in [2.45, 2.75) is 13.3 Å². The molecule has 24 heavy (non-hydrogen) atoms. The van der Waals surface area contributed by atoms with Gasteiger partial charge in [-0.05, 0) is 25.0 Å². The molecule has 0 spiro atoms. The highest BCUT2D eigenvalue weighted by molar-refractivity contribution is 5.95. The van der Waals surface area contributed by atoms with E-state index < -0.39 is 11.9 Å². The molecule has 0 aliphatic carbocycles. The van der Waals surface area contributed by atoms with E-state index in [1.807, 2.05) is 0 Å². The predicted molar refractivity (Wildman–Crippen MR) is 85.9 cm³/mol. The average molecular weight is 333 g/mol. The van der Waals surface area contributed by atoms with Gasteiger partial charge >= 0.3 is 5.97 Å². The van der Waals surface area contributed by atoms with Crippen LogP contribution in [0, 0.1) is 18.7 Å². The Hall–Kier alpha value is -2.70. The second-order valence-electron chi connectivity index (χ2n) is 5.53. The molecule has 0 saturated heterocycles. The minimum absolute atomic E-state index is 0.0498. The fourth-order valence-corrected chi connectivity index (χ4v) is 2.47. The second kappa shape index (κ2) is 7.72. The first-order valence-corrected chi connectivity index (χ1v) is 7.52. The van der Waals surface area contributed by atoms with Crippen LogP contribution in [0.4, 0.5) is 4.39 Å². The summed E-state index contributed by atoms with van der Waals surface area (Å²) in [6, 6.07) is 6.23. The molecule has 0 radical (unpaired) electrons. The van der Waals surface area contributed by atoms with Gasteiger partial charge in [0.25, 0.3) is 5.91 Å². The van der Waals surface area contributed by atoms with Crippen molar-refractivity contribution in [3.8, 4) is 0 Å². The van der Waals surface area contributed by atoms with Crippen molar-refractivity contribution in [1.29, 1.82) is 0 Å². The number of benzene rings is 1. The number of carbonyl (C=O) groups excluding carboxylic acids is 2. The van der Waals surface area contributed by atoms with E-state index >= 15 is 0 Å². The van der Waals surface area contributed by atoms with Gasteiger partial charge in [-0.1, -0.05) is 18.2 Å². The molecule has 1 aromatic carbocycles. The number of hydrogen-bond donors (Lipinski definition) is 1. The van der Waals surface area contributed by atoms with Gasteiger partial charge in [-0.15, -0.1) is 0 Å². The molecule has 0 bridgehead atoms. The van der Waals surface area contributed by atoms with E-state index in [-0.39, 0.29) is 24.7 Å². The fraction of sp³-hybridized carbons (Fsp3) is 0.353. The molecule has 1 atom stereocenters.